The molecule has 0 spiro atoms. The average molecular weight is 206 g/mol. The molecule has 1 aromatic heterocycles. The van der Waals surface area contributed by atoms with Crippen LogP contribution in [0.25, 0.3) is 0 Å². The van der Waals surface area contributed by atoms with Crippen LogP contribution in [0, 0.1) is 6.92 Å². The summed E-state index contributed by atoms with van der Waals surface area (Å²) in [7, 11) is 0. The summed E-state index contributed by atoms with van der Waals surface area (Å²) in [5.74, 6) is 0. The maximum atomic E-state index is 10.5. The fraction of sp³-hybridized carbons (Fsp3) is 0.667. The number of aldehydes is 1. The summed E-state index contributed by atoms with van der Waals surface area (Å²) in [6.45, 7) is 1.98. The van der Waals surface area contributed by atoms with E-state index < -0.39 is 0 Å². The first-order chi connectivity index (χ1) is 7.31. The number of carbonyl (C=O) groups excluding carboxylic acids is 1. The van der Waals surface area contributed by atoms with E-state index in [0.29, 0.717) is 12.5 Å². The molecule has 3 heteroatoms. The number of rotatable bonds is 3. The summed E-state index contributed by atoms with van der Waals surface area (Å²) >= 11 is 0. The van der Waals surface area contributed by atoms with Gasteiger partial charge >= 0.3 is 0 Å². The van der Waals surface area contributed by atoms with Gasteiger partial charge in [-0.1, -0.05) is 19.3 Å². The Morgan fingerprint density at radius 2 is 2.20 bits per heavy atom. The van der Waals surface area contributed by atoms with Crippen LogP contribution >= 0.6 is 0 Å². The summed E-state index contributed by atoms with van der Waals surface area (Å²) in [6.07, 6.45) is 9.97. The molecule has 2 rings (SSSR count). The predicted molar refractivity (Wildman–Crippen MR) is 58.9 cm³/mol. The highest BCUT2D eigenvalue weighted by atomic mass is 16.1. The lowest BCUT2D eigenvalue weighted by Crippen LogP contribution is -2.13. The normalized spacial score (nSPS) is 17.9. The van der Waals surface area contributed by atoms with Crippen molar-refractivity contribution in [1.29, 1.82) is 0 Å². The van der Waals surface area contributed by atoms with Crippen LogP contribution in [0.5, 0.6) is 0 Å². The molecule has 0 aromatic carbocycles. The largest absolute Gasteiger partial charge is 0.303 e. The molecule has 82 valence electrons. The number of hydrogen-bond acceptors (Lipinski definition) is 2. The Bertz CT molecular complexity index is 337. The molecule has 0 aliphatic heterocycles. The SMILES string of the molecule is Cc1nn(C2CCCCC2)cc1CC=O. The van der Waals surface area contributed by atoms with Gasteiger partial charge in [0.25, 0.3) is 0 Å². The zero-order chi connectivity index (χ0) is 10.7. The third-order valence-electron chi connectivity index (χ3n) is 3.27. The fourth-order valence-electron chi connectivity index (χ4n) is 2.34. The molecule has 0 atom stereocenters. The van der Waals surface area contributed by atoms with E-state index in [-0.39, 0.29) is 0 Å². The highest BCUT2D eigenvalue weighted by molar-refractivity contribution is 5.55. The first-order valence-corrected chi connectivity index (χ1v) is 5.79. The summed E-state index contributed by atoms with van der Waals surface area (Å²) in [6, 6.07) is 0.567. The van der Waals surface area contributed by atoms with E-state index in [1.54, 1.807) is 0 Å². The van der Waals surface area contributed by atoms with Crippen molar-refractivity contribution in [1.82, 2.24) is 9.78 Å². The molecule has 1 aromatic rings. The molecule has 1 heterocycles. The molecular formula is C12H18N2O. The van der Waals surface area contributed by atoms with E-state index in [2.05, 4.69) is 16.0 Å². The van der Waals surface area contributed by atoms with Gasteiger partial charge in [-0.3, -0.25) is 4.68 Å². The summed E-state index contributed by atoms with van der Waals surface area (Å²) < 4.78 is 2.08. The molecule has 1 aliphatic carbocycles. The predicted octanol–water partition coefficient (Wildman–Crippen LogP) is 2.44. The fourth-order valence-corrected chi connectivity index (χ4v) is 2.34. The molecule has 0 saturated heterocycles. The monoisotopic (exact) mass is 206 g/mol. The van der Waals surface area contributed by atoms with Gasteiger partial charge in [0.1, 0.15) is 6.29 Å². The summed E-state index contributed by atoms with van der Waals surface area (Å²) in [5, 5.41) is 4.51. The topological polar surface area (TPSA) is 34.9 Å². The lowest BCUT2D eigenvalue weighted by atomic mass is 9.96. The van der Waals surface area contributed by atoms with Crippen LogP contribution < -0.4 is 0 Å². The smallest absolute Gasteiger partial charge is 0.124 e. The molecule has 1 fully saturated rings. The van der Waals surface area contributed by atoms with Crippen LogP contribution in [0.4, 0.5) is 0 Å². The Morgan fingerprint density at radius 3 is 2.87 bits per heavy atom. The van der Waals surface area contributed by atoms with Gasteiger partial charge in [-0.2, -0.15) is 5.10 Å². The van der Waals surface area contributed by atoms with Crippen LogP contribution in [-0.2, 0) is 11.2 Å². The third kappa shape index (κ3) is 2.28. The third-order valence-corrected chi connectivity index (χ3v) is 3.27. The molecule has 1 saturated carbocycles. The summed E-state index contributed by atoms with van der Waals surface area (Å²) in [4.78, 5) is 10.5. The van der Waals surface area contributed by atoms with Gasteiger partial charge in [-0.05, 0) is 19.8 Å². The molecule has 3 nitrogen and oxygen atoms in total. The van der Waals surface area contributed by atoms with Crippen LogP contribution in [0.2, 0.25) is 0 Å². The standard InChI is InChI=1S/C12H18N2O/c1-10-11(7-8-15)9-14(13-10)12-5-3-2-4-6-12/h8-9,12H,2-7H2,1H3. The van der Waals surface area contributed by atoms with E-state index in [9.17, 15) is 4.79 Å². The maximum Gasteiger partial charge on any atom is 0.124 e. The number of aromatic nitrogens is 2. The van der Waals surface area contributed by atoms with Crippen molar-refractivity contribution in [3.63, 3.8) is 0 Å². The van der Waals surface area contributed by atoms with Crippen LogP contribution in [0.3, 0.4) is 0 Å². The Hall–Kier alpha value is -1.12. The zero-order valence-corrected chi connectivity index (χ0v) is 9.28. The second kappa shape index (κ2) is 4.60. The lowest BCUT2D eigenvalue weighted by molar-refractivity contribution is -0.107. The van der Waals surface area contributed by atoms with Gasteiger partial charge in [0.15, 0.2) is 0 Å². The van der Waals surface area contributed by atoms with Crippen molar-refractivity contribution in [2.24, 2.45) is 0 Å². The highest BCUT2D eigenvalue weighted by Crippen LogP contribution is 2.28. The van der Waals surface area contributed by atoms with Gasteiger partial charge in [-0.25, -0.2) is 0 Å². The maximum absolute atomic E-state index is 10.5. The molecule has 0 amide bonds. The van der Waals surface area contributed by atoms with Crippen molar-refractivity contribution in [3.05, 3.63) is 17.5 Å². The highest BCUT2D eigenvalue weighted by Gasteiger charge is 2.17. The van der Waals surface area contributed by atoms with Crippen LogP contribution in [-0.4, -0.2) is 16.1 Å². The zero-order valence-electron chi connectivity index (χ0n) is 9.28. The van der Waals surface area contributed by atoms with Crippen molar-refractivity contribution in [2.75, 3.05) is 0 Å². The number of carbonyl (C=O) groups is 1. The minimum Gasteiger partial charge on any atom is -0.303 e. The van der Waals surface area contributed by atoms with Crippen LogP contribution in [0.1, 0.15) is 49.4 Å². The van der Waals surface area contributed by atoms with E-state index in [4.69, 9.17) is 0 Å². The Balaban J connectivity index is 2.13. The van der Waals surface area contributed by atoms with E-state index in [1.807, 2.05) is 6.92 Å². The van der Waals surface area contributed by atoms with Gasteiger partial charge < -0.3 is 4.79 Å². The van der Waals surface area contributed by atoms with E-state index >= 15 is 0 Å². The van der Waals surface area contributed by atoms with Gasteiger partial charge in [0.2, 0.25) is 0 Å². The van der Waals surface area contributed by atoms with Crippen molar-refractivity contribution < 1.29 is 4.79 Å². The van der Waals surface area contributed by atoms with Crippen molar-refractivity contribution in [3.8, 4) is 0 Å². The van der Waals surface area contributed by atoms with Crippen LogP contribution in [0.15, 0.2) is 6.20 Å². The van der Waals surface area contributed by atoms with Gasteiger partial charge in [0.05, 0.1) is 11.7 Å². The number of hydrogen-bond donors (Lipinski definition) is 0. The quantitative estimate of drug-likeness (QED) is 0.712. The minimum atomic E-state index is 0.499. The number of aryl methyl sites for hydroxylation is 1. The van der Waals surface area contributed by atoms with E-state index in [0.717, 1.165) is 17.5 Å². The molecule has 15 heavy (non-hydrogen) atoms. The van der Waals surface area contributed by atoms with Gasteiger partial charge in [-0.15, -0.1) is 0 Å². The number of nitrogens with zero attached hydrogens (tertiary/aromatic N) is 2. The molecule has 0 radical (unpaired) electrons. The molecule has 1 aliphatic rings. The Labute approximate surface area is 90.5 Å². The first-order valence-electron chi connectivity index (χ1n) is 5.79. The van der Waals surface area contributed by atoms with E-state index in [1.165, 1.54) is 32.1 Å². The Morgan fingerprint density at radius 1 is 1.47 bits per heavy atom. The lowest BCUT2D eigenvalue weighted by Gasteiger charge is -2.21. The van der Waals surface area contributed by atoms with Crippen molar-refractivity contribution >= 4 is 6.29 Å². The molecular weight excluding hydrogens is 188 g/mol. The minimum absolute atomic E-state index is 0.499. The molecule has 0 bridgehead atoms. The average Bonchev–Trinajstić information content (AvgIpc) is 2.63. The second-order valence-corrected chi connectivity index (χ2v) is 4.38. The first kappa shape index (κ1) is 10.4. The van der Waals surface area contributed by atoms with Gasteiger partial charge in [0, 0.05) is 18.2 Å². The van der Waals surface area contributed by atoms with Crippen molar-refractivity contribution in [2.45, 2.75) is 51.5 Å². The Kier molecular flexibility index (Phi) is 3.19. The second-order valence-electron chi connectivity index (χ2n) is 4.38. The summed E-state index contributed by atoms with van der Waals surface area (Å²) in [5.41, 5.74) is 2.09. The molecule has 0 N–H and O–H groups in total. The molecule has 0 unspecified atom stereocenters.